The average Bonchev–Trinajstić information content (AvgIpc) is 3.13. The van der Waals surface area contributed by atoms with Crippen LogP contribution >= 0.6 is 0 Å². The minimum atomic E-state index is -0.623. The third-order valence-electron chi connectivity index (χ3n) is 4.52. The number of hydrazine groups is 1. The lowest BCUT2D eigenvalue weighted by atomic mass is 10.1. The molecule has 3 rings (SSSR count). The topological polar surface area (TPSA) is 131 Å². The number of carbonyl (C=O) groups is 3. The van der Waals surface area contributed by atoms with E-state index in [1.165, 1.54) is 29.2 Å². The number of benzene rings is 2. The number of hydrogen-bond donors (Lipinski definition) is 2. The van der Waals surface area contributed by atoms with Crippen LogP contribution in [0.1, 0.15) is 16.8 Å². The van der Waals surface area contributed by atoms with Gasteiger partial charge in [-0.25, -0.2) is 0 Å². The summed E-state index contributed by atoms with van der Waals surface area (Å²) in [6, 6.07) is 11.9. The summed E-state index contributed by atoms with van der Waals surface area (Å²) in [7, 11) is 1.54. The van der Waals surface area contributed by atoms with Gasteiger partial charge in [0.05, 0.1) is 18.0 Å². The summed E-state index contributed by atoms with van der Waals surface area (Å²) in [5.74, 6) is -1.28. The van der Waals surface area contributed by atoms with Gasteiger partial charge in [0, 0.05) is 36.3 Å². The van der Waals surface area contributed by atoms with E-state index in [1.54, 1.807) is 31.4 Å². The molecule has 0 saturated carbocycles. The normalized spacial score (nSPS) is 15.7. The fraction of sp³-hybridized carbons (Fsp3) is 0.211. The number of nitro groups is 1. The minimum absolute atomic E-state index is 0.0191. The molecule has 1 fully saturated rings. The average molecular weight is 398 g/mol. The minimum Gasteiger partial charge on any atom is -0.497 e. The van der Waals surface area contributed by atoms with E-state index < -0.39 is 22.7 Å². The van der Waals surface area contributed by atoms with Crippen molar-refractivity contribution in [2.24, 2.45) is 5.92 Å². The van der Waals surface area contributed by atoms with Crippen molar-refractivity contribution in [2.45, 2.75) is 6.42 Å². The molecule has 0 aliphatic carbocycles. The molecule has 0 bridgehead atoms. The molecule has 2 N–H and O–H groups in total. The number of ether oxygens (including phenoxy) is 1. The van der Waals surface area contributed by atoms with Gasteiger partial charge in [0.15, 0.2) is 0 Å². The van der Waals surface area contributed by atoms with E-state index in [4.69, 9.17) is 4.74 Å². The second-order valence-corrected chi connectivity index (χ2v) is 6.35. The number of hydrogen-bond acceptors (Lipinski definition) is 6. The SMILES string of the molecule is COc1ccc(N2C[C@H](C(=O)NNC(=O)c3ccc([N+](=O)[O-])cc3)CC2=O)cc1. The highest BCUT2D eigenvalue weighted by molar-refractivity contribution is 6.01. The molecule has 3 amide bonds. The molecule has 1 saturated heterocycles. The van der Waals surface area contributed by atoms with Crippen LogP contribution in [-0.4, -0.2) is 36.3 Å². The summed E-state index contributed by atoms with van der Waals surface area (Å²) in [6.07, 6.45) is 0.0191. The van der Waals surface area contributed by atoms with E-state index in [0.29, 0.717) is 11.4 Å². The van der Waals surface area contributed by atoms with Crippen molar-refractivity contribution in [2.75, 3.05) is 18.6 Å². The molecule has 2 aromatic carbocycles. The lowest BCUT2D eigenvalue weighted by molar-refractivity contribution is -0.384. The molecule has 10 nitrogen and oxygen atoms in total. The molecule has 2 aromatic rings. The fourth-order valence-corrected chi connectivity index (χ4v) is 2.92. The van der Waals surface area contributed by atoms with Crippen LogP contribution in [-0.2, 0) is 9.59 Å². The molecule has 1 aliphatic rings. The van der Waals surface area contributed by atoms with Crippen LogP contribution in [0.2, 0.25) is 0 Å². The van der Waals surface area contributed by atoms with Gasteiger partial charge in [0.25, 0.3) is 11.6 Å². The first-order chi connectivity index (χ1) is 13.9. The molecular weight excluding hydrogens is 380 g/mol. The van der Waals surface area contributed by atoms with Crippen molar-refractivity contribution in [1.29, 1.82) is 0 Å². The summed E-state index contributed by atoms with van der Waals surface area (Å²) >= 11 is 0. The van der Waals surface area contributed by atoms with E-state index in [9.17, 15) is 24.5 Å². The molecule has 150 valence electrons. The summed E-state index contributed by atoms with van der Waals surface area (Å²) in [6.45, 7) is 0.185. The van der Waals surface area contributed by atoms with Gasteiger partial charge in [-0.1, -0.05) is 0 Å². The second kappa shape index (κ2) is 8.38. The monoisotopic (exact) mass is 398 g/mol. The summed E-state index contributed by atoms with van der Waals surface area (Å²) < 4.78 is 5.09. The molecule has 10 heteroatoms. The van der Waals surface area contributed by atoms with Crippen LogP contribution in [0.25, 0.3) is 0 Å². The standard InChI is InChI=1S/C19H18N4O6/c1-29-16-8-6-14(7-9-16)22-11-13(10-17(22)24)19(26)21-20-18(25)12-2-4-15(5-3-12)23(27)28/h2-9,13H,10-11H2,1H3,(H,20,25)(H,21,26)/t13-/m1/s1. The van der Waals surface area contributed by atoms with E-state index in [-0.39, 0.29) is 30.1 Å². The molecule has 0 radical (unpaired) electrons. The zero-order valence-corrected chi connectivity index (χ0v) is 15.5. The van der Waals surface area contributed by atoms with Crippen molar-refractivity contribution >= 4 is 29.1 Å². The Kier molecular flexibility index (Phi) is 5.72. The molecule has 1 aliphatic heterocycles. The van der Waals surface area contributed by atoms with Crippen LogP contribution < -0.4 is 20.5 Å². The third kappa shape index (κ3) is 4.49. The number of amides is 3. The predicted octanol–water partition coefficient (Wildman–Crippen LogP) is 1.42. The van der Waals surface area contributed by atoms with Gasteiger partial charge < -0.3 is 9.64 Å². The number of rotatable bonds is 5. The molecule has 1 heterocycles. The van der Waals surface area contributed by atoms with Crippen LogP contribution in [0.4, 0.5) is 11.4 Å². The van der Waals surface area contributed by atoms with Crippen LogP contribution in [0.5, 0.6) is 5.75 Å². The first kappa shape index (κ1) is 19.8. The van der Waals surface area contributed by atoms with Gasteiger partial charge >= 0.3 is 0 Å². The van der Waals surface area contributed by atoms with E-state index in [2.05, 4.69) is 10.9 Å². The first-order valence-electron chi connectivity index (χ1n) is 8.68. The lowest BCUT2D eigenvalue weighted by Crippen LogP contribution is -2.45. The molecule has 0 spiro atoms. The van der Waals surface area contributed by atoms with E-state index in [1.807, 2.05) is 0 Å². The number of nitrogens with zero attached hydrogens (tertiary/aromatic N) is 2. The van der Waals surface area contributed by atoms with Crippen LogP contribution in [0.15, 0.2) is 48.5 Å². The van der Waals surface area contributed by atoms with E-state index in [0.717, 1.165) is 0 Å². The molecule has 0 aromatic heterocycles. The smallest absolute Gasteiger partial charge is 0.269 e. The van der Waals surface area contributed by atoms with Gasteiger partial charge in [0.1, 0.15) is 5.75 Å². The highest BCUT2D eigenvalue weighted by Gasteiger charge is 2.35. The Morgan fingerprint density at radius 2 is 1.76 bits per heavy atom. The maximum atomic E-state index is 12.3. The number of nitro benzene ring substituents is 1. The Balaban J connectivity index is 1.56. The van der Waals surface area contributed by atoms with Gasteiger partial charge in [-0.15, -0.1) is 0 Å². The summed E-state index contributed by atoms with van der Waals surface area (Å²) in [5.41, 5.74) is 5.21. The zero-order valence-electron chi connectivity index (χ0n) is 15.5. The highest BCUT2D eigenvalue weighted by atomic mass is 16.6. The summed E-state index contributed by atoms with van der Waals surface area (Å²) in [5, 5.41) is 10.6. The van der Waals surface area contributed by atoms with Crippen molar-refractivity contribution in [1.82, 2.24) is 10.9 Å². The number of methoxy groups -OCH3 is 1. The molecule has 1 atom stereocenters. The number of non-ortho nitro benzene ring substituents is 1. The number of anilines is 1. The molecule has 29 heavy (non-hydrogen) atoms. The zero-order chi connectivity index (χ0) is 21.0. The lowest BCUT2D eigenvalue weighted by Gasteiger charge is -2.17. The van der Waals surface area contributed by atoms with Gasteiger partial charge in [-0.05, 0) is 36.4 Å². The molecular formula is C19H18N4O6. The molecule has 0 unspecified atom stereocenters. The Hall–Kier alpha value is -3.95. The number of nitrogens with one attached hydrogen (secondary N) is 2. The van der Waals surface area contributed by atoms with Gasteiger partial charge in [-0.2, -0.15) is 0 Å². The third-order valence-corrected chi connectivity index (χ3v) is 4.52. The largest absolute Gasteiger partial charge is 0.497 e. The highest BCUT2D eigenvalue weighted by Crippen LogP contribution is 2.26. The van der Waals surface area contributed by atoms with E-state index >= 15 is 0 Å². The van der Waals surface area contributed by atoms with Gasteiger partial charge in [-0.3, -0.25) is 35.3 Å². The van der Waals surface area contributed by atoms with Gasteiger partial charge in [0.2, 0.25) is 11.8 Å². The first-order valence-corrected chi connectivity index (χ1v) is 8.68. The Bertz CT molecular complexity index is 942. The Morgan fingerprint density at radius 1 is 1.10 bits per heavy atom. The maximum Gasteiger partial charge on any atom is 0.269 e. The van der Waals surface area contributed by atoms with Crippen molar-refractivity contribution < 1.29 is 24.0 Å². The Morgan fingerprint density at radius 3 is 2.34 bits per heavy atom. The number of carbonyl (C=O) groups excluding carboxylic acids is 3. The van der Waals surface area contributed by atoms with Crippen LogP contribution in [0, 0.1) is 16.0 Å². The quantitative estimate of drug-likeness (QED) is 0.578. The second-order valence-electron chi connectivity index (χ2n) is 6.35. The van der Waals surface area contributed by atoms with Crippen molar-refractivity contribution in [3.63, 3.8) is 0 Å². The Labute approximate surface area is 165 Å². The predicted molar refractivity (Wildman–Crippen MR) is 102 cm³/mol. The van der Waals surface area contributed by atoms with Crippen molar-refractivity contribution in [3.05, 3.63) is 64.2 Å². The van der Waals surface area contributed by atoms with Crippen LogP contribution in [0.3, 0.4) is 0 Å². The summed E-state index contributed by atoms with van der Waals surface area (Å²) in [4.78, 5) is 48.2. The maximum absolute atomic E-state index is 12.3. The van der Waals surface area contributed by atoms with Crippen molar-refractivity contribution in [3.8, 4) is 5.75 Å². The fourth-order valence-electron chi connectivity index (χ4n) is 2.92.